The molecule has 8 heteroatoms. The molecule has 23 heavy (non-hydrogen) atoms. The summed E-state index contributed by atoms with van der Waals surface area (Å²) < 4.78 is 45.6. The van der Waals surface area contributed by atoms with Crippen molar-refractivity contribution in [2.24, 2.45) is 0 Å². The molecule has 0 atom stereocenters. The van der Waals surface area contributed by atoms with Gasteiger partial charge in [0.05, 0.1) is 12.1 Å². The van der Waals surface area contributed by atoms with Crippen molar-refractivity contribution in [2.75, 3.05) is 13.7 Å². The maximum absolute atomic E-state index is 12.9. The number of aromatic nitrogens is 3. The lowest BCUT2D eigenvalue weighted by Crippen LogP contribution is -2.19. The number of nitrogens with zero attached hydrogens (tertiary/aromatic N) is 3. The predicted molar refractivity (Wildman–Crippen MR) is 78.5 cm³/mol. The third kappa shape index (κ3) is 5.04. The van der Waals surface area contributed by atoms with Crippen LogP contribution in [0.5, 0.6) is 0 Å². The Kier molecular flexibility index (Phi) is 6.12. The lowest BCUT2D eigenvalue weighted by Gasteiger charge is -2.13. The van der Waals surface area contributed by atoms with Crippen LogP contribution >= 0.6 is 0 Å². The van der Waals surface area contributed by atoms with E-state index in [2.05, 4.69) is 15.5 Å². The number of benzene rings is 1. The molecule has 1 heterocycles. The van der Waals surface area contributed by atoms with Gasteiger partial charge in [-0.2, -0.15) is 13.2 Å². The topological polar surface area (TPSA) is 52.0 Å². The molecule has 5 nitrogen and oxygen atoms in total. The minimum atomic E-state index is -4.35. The first-order valence-corrected chi connectivity index (χ1v) is 7.24. The predicted octanol–water partition coefficient (Wildman–Crippen LogP) is 2.62. The molecule has 0 spiro atoms. The first-order chi connectivity index (χ1) is 11.0. The highest BCUT2D eigenvalue weighted by Gasteiger charge is 2.32. The van der Waals surface area contributed by atoms with Gasteiger partial charge in [-0.3, -0.25) is 0 Å². The highest BCUT2D eigenvalue weighted by molar-refractivity contribution is 5.29. The fourth-order valence-electron chi connectivity index (χ4n) is 2.24. The first kappa shape index (κ1) is 17.4. The van der Waals surface area contributed by atoms with E-state index in [0.717, 1.165) is 12.5 Å². The van der Waals surface area contributed by atoms with Crippen molar-refractivity contribution >= 4 is 0 Å². The van der Waals surface area contributed by atoms with E-state index in [9.17, 15) is 13.2 Å². The Morgan fingerprint density at radius 1 is 1.22 bits per heavy atom. The van der Waals surface area contributed by atoms with Crippen LogP contribution in [0.4, 0.5) is 13.2 Å². The van der Waals surface area contributed by atoms with E-state index >= 15 is 0 Å². The molecule has 0 bridgehead atoms. The zero-order valence-corrected chi connectivity index (χ0v) is 12.8. The van der Waals surface area contributed by atoms with Crippen LogP contribution in [0.25, 0.3) is 0 Å². The second kappa shape index (κ2) is 8.07. The fourth-order valence-corrected chi connectivity index (χ4v) is 2.24. The van der Waals surface area contributed by atoms with Gasteiger partial charge in [0.1, 0.15) is 12.2 Å². The van der Waals surface area contributed by atoms with Crippen LogP contribution in [-0.4, -0.2) is 28.5 Å². The van der Waals surface area contributed by atoms with E-state index in [0.29, 0.717) is 25.5 Å². The highest BCUT2D eigenvalue weighted by atomic mass is 19.4. The molecule has 0 aliphatic heterocycles. The summed E-state index contributed by atoms with van der Waals surface area (Å²) in [7, 11) is 1.63. The number of ether oxygens (including phenoxy) is 1. The lowest BCUT2D eigenvalue weighted by molar-refractivity contribution is -0.138. The zero-order chi connectivity index (χ0) is 16.7. The summed E-state index contributed by atoms with van der Waals surface area (Å²) >= 11 is 0. The molecule has 1 aromatic carbocycles. The minimum absolute atomic E-state index is 0.112. The minimum Gasteiger partial charge on any atom is -0.385 e. The normalized spacial score (nSPS) is 11.8. The van der Waals surface area contributed by atoms with Crippen molar-refractivity contribution in [1.82, 2.24) is 20.1 Å². The van der Waals surface area contributed by atoms with Crippen molar-refractivity contribution in [3.05, 3.63) is 47.5 Å². The highest BCUT2D eigenvalue weighted by Crippen LogP contribution is 2.31. The standard InChI is InChI=1S/C15H19F3N4O/c1-23-8-4-7-22-11-20-21-14(22)10-19-9-12-5-2-3-6-13(12)15(16,17)18/h2-3,5-6,11,19H,4,7-10H2,1H3. The Labute approximate surface area is 132 Å². The van der Waals surface area contributed by atoms with Crippen molar-refractivity contribution in [2.45, 2.75) is 32.2 Å². The first-order valence-electron chi connectivity index (χ1n) is 7.24. The molecule has 0 amide bonds. The van der Waals surface area contributed by atoms with Gasteiger partial charge < -0.3 is 14.6 Å². The molecule has 0 aliphatic rings. The number of methoxy groups -OCH3 is 1. The van der Waals surface area contributed by atoms with Gasteiger partial charge in [-0.25, -0.2) is 0 Å². The van der Waals surface area contributed by atoms with E-state index in [1.165, 1.54) is 12.1 Å². The average Bonchev–Trinajstić information content (AvgIpc) is 2.95. The van der Waals surface area contributed by atoms with Gasteiger partial charge in [-0.05, 0) is 18.1 Å². The number of alkyl halides is 3. The Morgan fingerprint density at radius 3 is 2.74 bits per heavy atom. The second-order valence-electron chi connectivity index (χ2n) is 5.05. The molecule has 2 rings (SSSR count). The SMILES string of the molecule is COCCCn1cnnc1CNCc1ccccc1C(F)(F)F. The van der Waals surface area contributed by atoms with Crippen LogP contribution in [0.1, 0.15) is 23.4 Å². The summed E-state index contributed by atoms with van der Waals surface area (Å²) in [5.41, 5.74) is -0.403. The largest absolute Gasteiger partial charge is 0.416 e. The average molecular weight is 328 g/mol. The Balaban J connectivity index is 1.92. The van der Waals surface area contributed by atoms with Gasteiger partial charge in [0.2, 0.25) is 0 Å². The molecule has 126 valence electrons. The number of hydrogen-bond acceptors (Lipinski definition) is 4. The van der Waals surface area contributed by atoms with E-state index < -0.39 is 11.7 Å². The van der Waals surface area contributed by atoms with Crippen molar-refractivity contribution < 1.29 is 17.9 Å². The molecule has 0 unspecified atom stereocenters. The maximum Gasteiger partial charge on any atom is 0.416 e. The smallest absolute Gasteiger partial charge is 0.385 e. The molecule has 0 saturated carbocycles. The molecule has 0 saturated heterocycles. The Bertz CT molecular complexity index is 613. The van der Waals surface area contributed by atoms with Crippen LogP contribution in [0, 0.1) is 0 Å². The van der Waals surface area contributed by atoms with Gasteiger partial charge in [0.25, 0.3) is 0 Å². The third-order valence-corrected chi connectivity index (χ3v) is 3.36. The van der Waals surface area contributed by atoms with Crippen LogP contribution in [-0.2, 0) is 30.5 Å². The molecule has 1 N–H and O–H groups in total. The van der Waals surface area contributed by atoms with Crippen molar-refractivity contribution in [3.63, 3.8) is 0 Å². The molecule has 2 aromatic rings. The number of nitrogens with one attached hydrogen (secondary N) is 1. The van der Waals surface area contributed by atoms with Crippen LogP contribution in [0.2, 0.25) is 0 Å². The van der Waals surface area contributed by atoms with Crippen LogP contribution < -0.4 is 5.32 Å². The van der Waals surface area contributed by atoms with Gasteiger partial charge in [0, 0.05) is 26.8 Å². The van der Waals surface area contributed by atoms with Gasteiger partial charge in [-0.15, -0.1) is 10.2 Å². The number of aryl methyl sites for hydroxylation is 1. The third-order valence-electron chi connectivity index (χ3n) is 3.36. The van der Waals surface area contributed by atoms with E-state index in [4.69, 9.17) is 4.74 Å². The molecule has 0 aliphatic carbocycles. The molecular formula is C15H19F3N4O. The Morgan fingerprint density at radius 2 is 2.00 bits per heavy atom. The monoisotopic (exact) mass is 328 g/mol. The zero-order valence-electron chi connectivity index (χ0n) is 12.8. The molecule has 0 fully saturated rings. The molecule has 1 aromatic heterocycles. The second-order valence-corrected chi connectivity index (χ2v) is 5.05. The summed E-state index contributed by atoms with van der Waals surface area (Å²) in [6, 6.07) is 5.54. The van der Waals surface area contributed by atoms with Gasteiger partial charge >= 0.3 is 6.18 Å². The quantitative estimate of drug-likeness (QED) is 0.757. The number of halogens is 3. The van der Waals surface area contributed by atoms with E-state index in [-0.39, 0.29) is 12.1 Å². The van der Waals surface area contributed by atoms with Gasteiger partial charge in [-0.1, -0.05) is 18.2 Å². The molecular weight excluding hydrogens is 309 g/mol. The molecule has 0 radical (unpaired) electrons. The number of hydrogen-bond donors (Lipinski definition) is 1. The fraction of sp³-hybridized carbons (Fsp3) is 0.467. The summed E-state index contributed by atoms with van der Waals surface area (Å²) in [6.45, 7) is 1.79. The van der Waals surface area contributed by atoms with Gasteiger partial charge in [0.15, 0.2) is 0 Å². The summed E-state index contributed by atoms with van der Waals surface area (Å²) in [4.78, 5) is 0. The van der Waals surface area contributed by atoms with Crippen LogP contribution in [0.15, 0.2) is 30.6 Å². The maximum atomic E-state index is 12.9. The van der Waals surface area contributed by atoms with E-state index in [1.54, 1.807) is 19.5 Å². The van der Waals surface area contributed by atoms with Crippen LogP contribution in [0.3, 0.4) is 0 Å². The summed E-state index contributed by atoms with van der Waals surface area (Å²) in [5, 5.41) is 10.8. The van der Waals surface area contributed by atoms with Crippen molar-refractivity contribution in [3.8, 4) is 0 Å². The number of rotatable bonds is 8. The van der Waals surface area contributed by atoms with Crippen molar-refractivity contribution in [1.29, 1.82) is 0 Å². The summed E-state index contributed by atoms with van der Waals surface area (Å²) in [5.74, 6) is 0.686. The van der Waals surface area contributed by atoms with E-state index in [1.807, 2.05) is 4.57 Å². The summed E-state index contributed by atoms with van der Waals surface area (Å²) in [6.07, 6.45) is -1.92. The lowest BCUT2D eigenvalue weighted by atomic mass is 10.1. The Hall–Kier alpha value is -1.93.